The van der Waals surface area contributed by atoms with E-state index in [-0.39, 0.29) is 0 Å². The van der Waals surface area contributed by atoms with Crippen LogP contribution in [-0.4, -0.2) is 30.8 Å². The number of hydrogen-bond acceptors (Lipinski definition) is 4. The third kappa shape index (κ3) is 3.30. The lowest BCUT2D eigenvalue weighted by molar-refractivity contribution is 0.414. The predicted molar refractivity (Wildman–Crippen MR) is 81.1 cm³/mol. The van der Waals surface area contributed by atoms with E-state index in [2.05, 4.69) is 20.9 Å². The maximum Gasteiger partial charge on any atom is 0.204 e. The first-order valence-electron chi connectivity index (χ1n) is 6.63. The molecule has 1 N–H and O–H groups in total. The number of ether oxygens (including phenoxy) is 1. The van der Waals surface area contributed by atoms with Crippen molar-refractivity contribution < 1.29 is 4.74 Å². The molecule has 20 heavy (non-hydrogen) atoms. The monoisotopic (exact) mass is 274 g/mol. The predicted octanol–water partition coefficient (Wildman–Crippen LogP) is 1.78. The minimum Gasteiger partial charge on any atom is -0.497 e. The summed E-state index contributed by atoms with van der Waals surface area (Å²) in [5.74, 6) is 1.85. The van der Waals surface area contributed by atoms with Gasteiger partial charge in [0.05, 0.1) is 19.0 Å². The normalized spacial score (nSPS) is 10.6. The quantitative estimate of drug-likeness (QED) is 0.872. The first-order chi connectivity index (χ1) is 9.61. The number of rotatable bonds is 6. The van der Waals surface area contributed by atoms with Gasteiger partial charge in [-0.3, -0.25) is 0 Å². The minimum absolute atomic E-state index is 0.786. The van der Waals surface area contributed by atoms with Crippen LogP contribution in [0.2, 0.25) is 0 Å². The molecule has 0 bridgehead atoms. The molecule has 2 aromatic rings. The molecule has 5 heteroatoms. The highest BCUT2D eigenvalue weighted by atomic mass is 16.5. The van der Waals surface area contributed by atoms with Crippen molar-refractivity contribution >= 4 is 5.95 Å². The summed E-state index contributed by atoms with van der Waals surface area (Å²) in [5, 5.41) is 3.43. The van der Waals surface area contributed by atoms with Crippen LogP contribution in [-0.2, 0) is 20.1 Å². The summed E-state index contributed by atoms with van der Waals surface area (Å²) in [6.45, 7) is 1.59. The number of methoxy groups -OCH3 is 1. The number of nitrogens with zero attached hydrogens (tertiary/aromatic N) is 3. The molecule has 0 saturated carbocycles. The van der Waals surface area contributed by atoms with Crippen LogP contribution in [0.5, 0.6) is 5.75 Å². The van der Waals surface area contributed by atoms with Gasteiger partial charge in [0.15, 0.2) is 0 Å². The van der Waals surface area contributed by atoms with E-state index >= 15 is 0 Å². The van der Waals surface area contributed by atoms with Gasteiger partial charge in [0.1, 0.15) is 5.75 Å². The van der Waals surface area contributed by atoms with Crippen molar-refractivity contribution in [2.75, 3.05) is 26.1 Å². The highest BCUT2D eigenvalue weighted by molar-refractivity contribution is 5.31. The fourth-order valence-corrected chi connectivity index (χ4v) is 2.13. The third-order valence-electron chi connectivity index (χ3n) is 3.23. The molecule has 0 spiro atoms. The van der Waals surface area contributed by atoms with Crippen LogP contribution >= 0.6 is 0 Å². The average Bonchev–Trinajstić information content (AvgIpc) is 2.81. The number of imidazole rings is 1. The van der Waals surface area contributed by atoms with Crippen LogP contribution in [0.3, 0.4) is 0 Å². The first kappa shape index (κ1) is 14.4. The molecular formula is C15H22N4O. The van der Waals surface area contributed by atoms with Gasteiger partial charge in [-0.2, -0.15) is 0 Å². The Morgan fingerprint density at radius 1 is 1.30 bits per heavy atom. The molecule has 1 aromatic carbocycles. The van der Waals surface area contributed by atoms with Crippen LogP contribution in [0.4, 0.5) is 5.95 Å². The van der Waals surface area contributed by atoms with Gasteiger partial charge in [-0.15, -0.1) is 0 Å². The average molecular weight is 274 g/mol. The summed E-state index contributed by atoms with van der Waals surface area (Å²) >= 11 is 0. The fourth-order valence-electron chi connectivity index (χ4n) is 2.13. The molecule has 0 unspecified atom stereocenters. The number of benzene rings is 1. The van der Waals surface area contributed by atoms with Gasteiger partial charge in [-0.1, -0.05) is 12.1 Å². The van der Waals surface area contributed by atoms with Crippen molar-refractivity contribution in [1.82, 2.24) is 14.9 Å². The molecule has 2 rings (SSSR count). The second-order valence-corrected chi connectivity index (χ2v) is 4.96. The molecule has 0 saturated heterocycles. The second-order valence-electron chi connectivity index (χ2n) is 4.96. The van der Waals surface area contributed by atoms with E-state index < -0.39 is 0 Å². The lowest BCUT2D eigenvalue weighted by atomic mass is 10.2. The first-order valence-corrected chi connectivity index (χ1v) is 6.63. The molecule has 0 radical (unpaired) electrons. The molecule has 0 aliphatic rings. The summed E-state index contributed by atoms with van der Waals surface area (Å²) < 4.78 is 7.32. The summed E-state index contributed by atoms with van der Waals surface area (Å²) in [5.41, 5.74) is 2.37. The van der Waals surface area contributed by atoms with Crippen LogP contribution < -0.4 is 15.0 Å². The number of aromatic nitrogens is 2. The maximum atomic E-state index is 5.22. The molecular weight excluding hydrogens is 252 g/mol. The van der Waals surface area contributed by atoms with Crippen molar-refractivity contribution in [2.45, 2.75) is 13.1 Å². The number of anilines is 1. The highest BCUT2D eigenvalue weighted by Crippen LogP contribution is 2.13. The highest BCUT2D eigenvalue weighted by Gasteiger charge is 2.07. The Labute approximate surface area is 120 Å². The lowest BCUT2D eigenvalue weighted by Crippen LogP contribution is -2.18. The topological polar surface area (TPSA) is 42.3 Å². The summed E-state index contributed by atoms with van der Waals surface area (Å²) in [6.07, 6.45) is 1.91. The molecule has 1 heterocycles. The zero-order chi connectivity index (χ0) is 14.5. The SMILES string of the molecule is COc1cccc(CNCc2cnc(N(C)C)n2C)c1. The molecule has 5 nitrogen and oxygen atoms in total. The van der Waals surface area contributed by atoms with Gasteiger partial charge < -0.3 is 19.5 Å². The van der Waals surface area contributed by atoms with Crippen LogP contribution in [0.15, 0.2) is 30.5 Å². The van der Waals surface area contributed by atoms with Crippen LogP contribution in [0.1, 0.15) is 11.3 Å². The molecule has 0 aliphatic carbocycles. The Hall–Kier alpha value is -2.01. The number of nitrogens with one attached hydrogen (secondary N) is 1. The van der Waals surface area contributed by atoms with Gasteiger partial charge >= 0.3 is 0 Å². The third-order valence-corrected chi connectivity index (χ3v) is 3.23. The van der Waals surface area contributed by atoms with E-state index in [0.717, 1.165) is 30.5 Å². The molecule has 0 fully saturated rings. The smallest absolute Gasteiger partial charge is 0.204 e. The van der Waals surface area contributed by atoms with E-state index in [1.54, 1.807) is 7.11 Å². The molecule has 0 atom stereocenters. The van der Waals surface area contributed by atoms with E-state index in [4.69, 9.17) is 4.74 Å². The van der Waals surface area contributed by atoms with E-state index in [1.807, 2.05) is 50.4 Å². The molecule has 0 aliphatic heterocycles. The Kier molecular flexibility index (Phi) is 4.63. The fraction of sp³-hybridized carbons (Fsp3) is 0.400. The van der Waals surface area contributed by atoms with Gasteiger partial charge in [0.2, 0.25) is 5.95 Å². The second kappa shape index (κ2) is 6.43. The van der Waals surface area contributed by atoms with Crippen LogP contribution in [0.25, 0.3) is 0 Å². The summed E-state index contributed by atoms with van der Waals surface area (Å²) in [7, 11) is 7.71. The number of hydrogen-bond donors (Lipinski definition) is 1. The zero-order valence-corrected chi connectivity index (χ0v) is 12.6. The van der Waals surface area contributed by atoms with Crippen molar-refractivity contribution in [3.8, 4) is 5.75 Å². The Bertz CT molecular complexity index is 563. The van der Waals surface area contributed by atoms with E-state index in [9.17, 15) is 0 Å². The van der Waals surface area contributed by atoms with Gasteiger partial charge in [-0.25, -0.2) is 4.98 Å². The van der Waals surface area contributed by atoms with Crippen molar-refractivity contribution in [2.24, 2.45) is 7.05 Å². The minimum atomic E-state index is 0.786. The summed E-state index contributed by atoms with van der Waals surface area (Å²) in [6, 6.07) is 8.09. The van der Waals surface area contributed by atoms with Crippen molar-refractivity contribution in [3.05, 3.63) is 41.7 Å². The van der Waals surface area contributed by atoms with Crippen molar-refractivity contribution in [1.29, 1.82) is 0 Å². The van der Waals surface area contributed by atoms with E-state index in [1.165, 1.54) is 5.56 Å². The van der Waals surface area contributed by atoms with Gasteiger partial charge in [0.25, 0.3) is 0 Å². The Balaban J connectivity index is 1.92. The zero-order valence-electron chi connectivity index (χ0n) is 12.6. The maximum absolute atomic E-state index is 5.22. The molecule has 0 amide bonds. The van der Waals surface area contributed by atoms with Gasteiger partial charge in [0, 0.05) is 34.2 Å². The largest absolute Gasteiger partial charge is 0.497 e. The Morgan fingerprint density at radius 3 is 2.75 bits per heavy atom. The van der Waals surface area contributed by atoms with Gasteiger partial charge in [-0.05, 0) is 17.7 Å². The summed E-state index contributed by atoms with van der Waals surface area (Å²) in [4.78, 5) is 6.40. The van der Waals surface area contributed by atoms with Crippen LogP contribution in [0, 0.1) is 0 Å². The Morgan fingerprint density at radius 2 is 2.10 bits per heavy atom. The lowest BCUT2D eigenvalue weighted by Gasteiger charge is -2.13. The molecule has 108 valence electrons. The van der Waals surface area contributed by atoms with Crippen molar-refractivity contribution in [3.63, 3.8) is 0 Å². The molecule has 1 aromatic heterocycles. The standard InChI is InChI=1S/C15H22N4O/c1-18(2)15-17-11-13(19(15)3)10-16-9-12-6-5-7-14(8-12)20-4/h5-8,11,16H,9-10H2,1-4H3. The van der Waals surface area contributed by atoms with E-state index in [0.29, 0.717) is 0 Å².